The Labute approximate surface area is 165 Å². The van der Waals surface area contributed by atoms with Gasteiger partial charge in [-0.3, -0.25) is 0 Å². The molecule has 0 spiro atoms. The first-order valence-electron chi connectivity index (χ1n) is 9.14. The zero-order valence-electron chi connectivity index (χ0n) is 15.4. The molecule has 1 aliphatic rings. The summed E-state index contributed by atoms with van der Waals surface area (Å²) in [6, 6.07) is 7.89. The summed E-state index contributed by atoms with van der Waals surface area (Å²) in [4.78, 5) is 23.9. The molecule has 0 unspecified atom stereocenters. The van der Waals surface area contributed by atoms with Crippen molar-refractivity contribution in [1.82, 2.24) is 19.7 Å². The molecule has 0 aliphatic carbocycles. The van der Waals surface area contributed by atoms with Crippen LogP contribution in [0.25, 0.3) is 27.9 Å². The van der Waals surface area contributed by atoms with E-state index in [0.29, 0.717) is 16.8 Å². The molecule has 4 aromatic rings. The number of piperazine rings is 1. The molecule has 142 valence electrons. The van der Waals surface area contributed by atoms with Crippen molar-refractivity contribution < 1.29 is 4.42 Å². The molecule has 3 aromatic heterocycles. The Morgan fingerprint density at radius 1 is 1.21 bits per heavy atom. The number of fused-ring (bicyclic) bond motifs is 2. The van der Waals surface area contributed by atoms with Gasteiger partial charge in [0.05, 0.1) is 11.3 Å². The predicted molar refractivity (Wildman–Crippen MR) is 111 cm³/mol. The minimum atomic E-state index is -0.382. The molecular weight excluding hydrogens is 374 g/mol. The number of nitrogens with one attached hydrogen (secondary N) is 1. The van der Waals surface area contributed by atoms with E-state index in [-0.39, 0.29) is 5.63 Å². The zero-order valence-corrected chi connectivity index (χ0v) is 16.2. The lowest BCUT2D eigenvalue weighted by molar-refractivity contribution is 0.561. The molecule has 5 rings (SSSR count). The van der Waals surface area contributed by atoms with Crippen molar-refractivity contribution in [2.24, 2.45) is 0 Å². The summed E-state index contributed by atoms with van der Waals surface area (Å²) in [6.07, 6.45) is 7.35. The number of imidazole rings is 1. The summed E-state index contributed by atoms with van der Waals surface area (Å²) in [7, 11) is 0. The summed E-state index contributed by atoms with van der Waals surface area (Å²) in [5.41, 5.74) is 3.07. The lowest BCUT2D eigenvalue weighted by Gasteiger charge is -2.29. The Kier molecular flexibility index (Phi) is 4.29. The summed E-state index contributed by atoms with van der Waals surface area (Å²) < 4.78 is 7.54. The van der Waals surface area contributed by atoms with Crippen LogP contribution in [0.3, 0.4) is 0 Å². The van der Waals surface area contributed by atoms with Gasteiger partial charge < -0.3 is 19.0 Å². The second kappa shape index (κ2) is 6.96. The second-order valence-electron chi connectivity index (χ2n) is 6.70. The van der Waals surface area contributed by atoms with Gasteiger partial charge in [0.25, 0.3) is 0 Å². The SMILES string of the molecule is CSc1nccn2cc(-c3cc4ccc(N5CCNCC5)cc4oc3=O)nc12. The normalized spacial score (nSPS) is 14.8. The van der Waals surface area contributed by atoms with Gasteiger partial charge in [-0.05, 0) is 24.5 Å². The molecule has 0 amide bonds. The fourth-order valence-electron chi connectivity index (χ4n) is 3.57. The van der Waals surface area contributed by atoms with Gasteiger partial charge in [-0.1, -0.05) is 0 Å². The number of anilines is 1. The standard InChI is InChI=1S/C20H19N5O2S/c1-28-19-18-23-16(12-25(18)9-6-22-19)15-10-13-2-3-14(11-17(13)27-20(15)26)24-7-4-21-5-8-24/h2-3,6,9-12,21H,4-5,7-8H2,1H3. The van der Waals surface area contributed by atoms with Crippen LogP contribution < -0.4 is 15.8 Å². The van der Waals surface area contributed by atoms with Crippen molar-refractivity contribution in [3.8, 4) is 11.3 Å². The molecule has 1 saturated heterocycles. The molecule has 4 heterocycles. The Morgan fingerprint density at radius 2 is 2.07 bits per heavy atom. The van der Waals surface area contributed by atoms with Crippen LogP contribution in [0.1, 0.15) is 0 Å². The van der Waals surface area contributed by atoms with Crippen LogP contribution in [0, 0.1) is 0 Å². The molecule has 0 saturated carbocycles. The molecule has 0 bridgehead atoms. The van der Waals surface area contributed by atoms with E-state index in [0.717, 1.165) is 47.9 Å². The third kappa shape index (κ3) is 2.94. The van der Waals surface area contributed by atoms with Crippen LogP contribution in [0.4, 0.5) is 5.69 Å². The summed E-state index contributed by atoms with van der Waals surface area (Å²) in [5.74, 6) is 0. The Bertz CT molecular complexity index is 1230. The number of rotatable bonds is 3. The maximum absolute atomic E-state index is 12.7. The van der Waals surface area contributed by atoms with Gasteiger partial charge in [-0.25, -0.2) is 14.8 Å². The first-order chi connectivity index (χ1) is 13.7. The third-order valence-corrected chi connectivity index (χ3v) is 5.69. The largest absolute Gasteiger partial charge is 0.422 e. The van der Waals surface area contributed by atoms with Crippen LogP contribution >= 0.6 is 11.8 Å². The van der Waals surface area contributed by atoms with Gasteiger partial charge in [0, 0.05) is 61.9 Å². The monoisotopic (exact) mass is 393 g/mol. The summed E-state index contributed by atoms with van der Waals surface area (Å²) in [5, 5.41) is 5.05. The highest BCUT2D eigenvalue weighted by molar-refractivity contribution is 7.98. The highest BCUT2D eigenvalue weighted by atomic mass is 32.2. The second-order valence-corrected chi connectivity index (χ2v) is 7.50. The zero-order chi connectivity index (χ0) is 19.1. The third-order valence-electron chi connectivity index (χ3n) is 5.01. The molecule has 0 atom stereocenters. The maximum Gasteiger partial charge on any atom is 0.345 e. The van der Waals surface area contributed by atoms with Gasteiger partial charge in [0.2, 0.25) is 0 Å². The van der Waals surface area contributed by atoms with Crippen LogP contribution in [0.2, 0.25) is 0 Å². The van der Waals surface area contributed by atoms with Gasteiger partial charge >= 0.3 is 5.63 Å². The van der Waals surface area contributed by atoms with Crippen LogP contribution in [-0.4, -0.2) is 46.8 Å². The van der Waals surface area contributed by atoms with E-state index in [4.69, 9.17) is 4.42 Å². The minimum absolute atomic E-state index is 0.382. The highest BCUT2D eigenvalue weighted by Gasteiger charge is 2.15. The number of hydrogen-bond acceptors (Lipinski definition) is 7. The molecule has 0 radical (unpaired) electrons. The van der Waals surface area contributed by atoms with E-state index >= 15 is 0 Å². The fraction of sp³-hybridized carbons (Fsp3) is 0.250. The minimum Gasteiger partial charge on any atom is -0.422 e. The first kappa shape index (κ1) is 17.3. The highest BCUT2D eigenvalue weighted by Crippen LogP contribution is 2.26. The van der Waals surface area contributed by atoms with E-state index < -0.39 is 0 Å². The van der Waals surface area contributed by atoms with E-state index in [9.17, 15) is 4.79 Å². The maximum atomic E-state index is 12.7. The van der Waals surface area contributed by atoms with E-state index in [2.05, 4.69) is 26.3 Å². The number of benzene rings is 1. The fourth-order valence-corrected chi connectivity index (χ4v) is 4.07. The summed E-state index contributed by atoms with van der Waals surface area (Å²) >= 11 is 1.52. The molecule has 28 heavy (non-hydrogen) atoms. The molecular formula is C20H19N5O2S. The number of hydrogen-bond donors (Lipinski definition) is 1. The number of nitrogens with zero attached hydrogens (tertiary/aromatic N) is 4. The Hall–Kier alpha value is -2.84. The number of aromatic nitrogens is 3. The quantitative estimate of drug-likeness (QED) is 0.424. The smallest absolute Gasteiger partial charge is 0.345 e. The molecule has 1 fully saturated rings. The van der Waals surface area contributed by atoms with E-state index in [1.165, 1.54) is 11.8 Å². The van der Waals surface area contributed by atoms with Gasteiger partial charge in [-0.15, -0.1) is 11.8 Å². The predicted octanol–water partition coefficient (Wildman–Crippen LogP) is 2.63. The van der Waals surface area contributed by atoms with Crippen molar-refractivity contribution >= 4 is 34.1 Å². The van der Waals surface area contributed by atoms with Crippen molar-refractivity contribution in [3.63, 3.8) is 0 Å². The van der Waals surface area contributed by atoms with Crippen LogP contribution in [0.15, 0.2) is 57.1 Å². The lowest BCUT2D eigenvalue weighted by atomic mass is 10.1. The van der Waals surface area contributed by atoms with E-state index in [1.54, 1.807) is 6.20 Å². The molecule has 1 aliphatic heterocycles. The molecule has 1 aromatic carbocycles. The summed E-state index contributed by atoms with van der Waals surface area (Å²) in [6.45, 7) is 3.81. The van der Waals surface area contributed by atoms with Crippen LogP contribution in [0.5, 0.6) is 0 Å². The Balaban J connectivity index is 1.59. The van der Waals surface area contributed by atoms with Gasteiger partial charge in [0.1, 0.15) is 10.6 Å². The topological polar surface area (TPSA) is 75.7 Å². The molecule has 7 nitrogen and oxygen atoms in total. The van der Waals surface area contributed by atoms with Crippen molar-refractivity contribution in [1.29, 1.82) is 0 Å². The Morgan fingerprint density at radius 3 is 2.89 bits per heavy atom. The van der Waals surface area contributed by atoms with Crippen LogP contribution in [-0.2, 0) is 0 Å². The van der Waals surface area contributed by atoms with E-state index in [1.807, 2.05) is 41.2 Å². The van der Waals surface area contributed by atoms with Crippen molar-refractivity contribution in [3.05, 3.63) is 53.3 Å². The lowest BCUT2D eigenvalue weighted by Crippen LogP contribution is -2.43. The van der Waals surface area contributed by atoms with Crippen molar-refractivity contribution in [2.75, 3.05) is 37.3 Å². The van der Waals surface area contributed by atoms with Crippen molar-refractivity contribution in [2.45, 2.75) is 5.03 Å². The number of thioether (sulfide) groups is 1. The molecule has 1 N–H and O–H groups in total. The molecule has 8 heteroatoms. The average molecular weight is 393 g/mol. The van der Waals surface area contributed by atoms with Gasteiger partial charge in [-0.2, -0.15) is 0 Å². The van der Waals surface area contributed by atoms with Gasteiger partial charge in [0.15, 0.2) is 5.65 Å². The average Bonchev–Trinajstić information content (AvgIpc) is 3.17. The first-order valence-corrected chi connectivity index (χ1v) is 10.4.